The molecule has 0 spiro atoms. The average Bonchev–Trinajstić information content (AvgIpc) is 2.47. The first-order valence-corrected chi connectivity index (χ1v) is 6.64. The van der Waals surface area contributed by atoms with Crippen LogP contribution in [-0.2, 0) is 5.60 Å². The highest BCUT2D eigenvalue weighted by atomic mass is 16.5. The fourth-order valence-corrected chi connectivity index (χ4v) is 3.55. The van der Waals surface area contributed by atoms with Gasteiger partial charge in [0.15, 0.2) is 0 Å². The Balaban J connectivity index is 2.05. The Labute approximate surface area is 103 Å². The Hall–Kier alpha value is -1.02. The molecule has 3 atom stereocenters. The number of rotatable bonds is 0. The van der Waals surface area contributed by atoms with Crippen molar-refractivity contribution in [1.29, 1.82) is 0 Å². The molecule has 1 aliphatic carbocycles. The van der Waals surface area contributed by atoms with Gasteiger partial charge < -0.3 is 9.84 Å². The predicted octanol–water partition coefficient (Wildman–Crippen LogP) is 3.09. The van der Waals surface area contributed by atoms with Crippen LogP contribution in [0.15, 0.2) is 24.3 Å². The summed E-state index contributed by atoms with van der Waals surface area (Å²) in [5.74, 6) is 1.72. The summed E-state index contributed by atoms with van der Waals surface area (Å²) in [6.07, 6.45) is 4.82. The minimum absolute atomic E-state index is 0.347. The van der Waals surface area contributed by atoms with E-state index < -0.39 is 5.60 Å². The summed E-state index contributed by atoms with van der Waals surface area (Å²) in [5, 5.41) is 10.9. The van der Waals surface area contributed by atoms with Crippen molar-refractivity contribution in [2.45, 2.75) is 38.2 Å². The van der Waals surface area contributed by atoms with Gasteiger partial charge in [-0.3, -0.25) is 0 Å². The molecule has 0 amide bonds. The molecule has 0 bridgehead atoms. The fraction of sp³-hybridized carbons (Fsp3) is 0.600. The second kappa shape index (κ2) is 4.02. The molecule has 1 aromatic carbocycles. The molecule has 2 aliphatic rings. The first kappa shape index (κ1) is 11.1. The van der Waals surface area contributed by atoms with Gasteiger partial charge >= 0.3 is 0 Å². The normalized spacial score (nSPS) is 36.4. The summed E-state index contributed by atoms with van der Waals surface area (Å²) in [6, 6.07) is 7.94. The highest BCUT2D eigenvalue weighted by molar-refractivity contribution is 5.39. The number of aliphatic hydroxyl groups is 1. The number of hydrogen-bond donors (Lipinski definition) is 1. The number of ether oxygens (including phenoxy) is 1. The lowest BCUT2D eigenvalue weighted by molar-refractivity contribution is -0.0467. The van der Waals surface area contributed by atoms with Crippen molar-refractivity contribution in [3.05, 3.63) is 29.8 Å². The molecule has 1 saturated carbocycles. The molecule has 1 fully saturated rings. The zero-order chi connectivity index (χ0) is 11.9. The van der Waals surface area contributed by atoms with Gasteiger partial charge in [0.1, 0.15) is 5.75 Å². The van der Waals surface area contributed by atoms with Crippen molar-refractivity contribution in [2.75, 3.05) is 6.61 Å². The molecule has 3 rings (SSSR count). The van der Waals surface area contributed by atoms with Crippen LogP contribution in [0.4, 0.5) is 0 Å². The van der Waals surface area contributed by atoms with E-state index in [1.54, 1.807) is 0 Å². The third-order valence-electron chi connectivity index (χ3n) is 4.52. The maximum absolute atomic E-state index is 10.9. The predicted molar refractivity (Wildman–Crippen MR) is 67.0 cm³/mol. The number of benzene rings is 1. The van der Waals surface area contributed by atoms with Gasteiger partial charge in [-0.05, 0) is 37.7 Å². The third-order valence-corrected chi connectivity index (χ3v) is 4.52. The van der Waals surface area contributed by atoms with Gasteiger partial charge in [0.05, 0.1) is 12.2 Å². The van der Waals surface area contributed by atoms with Crippen molar-refractivity contribution in [3.8, 4) is 5.75 Å². The smallest absolute Gasteiger partial charge is 0.125 e. The van der Waals surface area contributed by atoms with Crippen LogP contribution in [0.25, 0.3) is 0 Å². The van der Waals surface area contributed by atoms with Gasteiger partial charge in [0, 0.05) is 5.56 Å². The van der Waals surface area contributed by atoms with Gasteiger partial charge in [-0.15, -0.1) is 0 Å². The van der Waals surface area contributed by atoms with Crippen LogP contribution in [0.2, 0.25) is 0 Å². The van der Waals surface area contributed by atoms with E-state index in [1.165, 1.54) is 19.3 Å². The van der Waals surface area contributed by atoms with E-state index in [0.29, 0.717) is 11.8 Å². The van der Waals surface area contributed by atoms with E-state index >= 15 is 0 Å². The van der Waals surface area contributed by atoms with Crippen molar-refractivity contribution in [2.24, 2.45) is 11.8 Å². The summed E-state index contributed by atoms with van der Waals surface area (Å²) in [4.78, 5) is 0. The Kier molecular flexibility index (Phi) is 2.62. The van der Waals surface area contributed by atoms with Crippen LogP contribution >= 0.6 is 0 Å². The lowest BCUT2D eigenvalue weighted by Crippen LogP contribution is -2.38. The maximum atomic E-state index is 10.9. The molecule has 17 heavy (non-hydrogen) atoms. The summed E-state index contributed by atoms with van der Waals surface area (Å²) in [6.45, 7) is 2.72. The van der Waals surface area contributed by atoms with Crippen LogP contribution in [0.1, 0.15) is 38.2 Å². The molecular formula is C15H20O2. The third kappa shape index (κ3) is 1.75. The molecule has 0 saturated heterocycles. The molecule has 0 aromatic heterocycles. The molecule has 1 aliphatic heterocycles. The van der Waals surface area contributed by atoms with Crippen LogP contribution in [0.5, 0.6) is 5.75 Å². The number of para-hydroxylation sites is 1. The Morgan fingerprint density at radius 2 is 2.00 bits per heavy atom. The van der Waals surface area contributed by atoms with Crippen molar-refractivity contribution < 1.29 is 9.84 Å². The Morgan fingerprint density at radius 1 is 1.24 bits per heavy atom. The molecule has 1 heterocycles. The zero-order valence-electron chi connectivity index (χ0n) is 10.4. The zero-order valence-corrected chi connectivity index (χ0v) is 10.4. The van der Waals surface area contributed by atoms with Gasteiger partial charge in [-0.2, -0.15) is 0 Å². The summed E-state index contributed by atoms with van der Waals surface area (Å²) >= 11 is 0. The van der Waals surface area contributed by atoms with Crippen LogP contribution < -0.4 is 4.74 Å². The van der Waals surface area contributed by atoms with E-state index in [1.807, 2.05) is 31.2 Å². The monoisotopic (exact) mass is 232 g/mol. The van der Waals surface area contributed by atoms with Crippen LogP contribution in [-0.4, -0.2) is 11.7 Å². The first-order chi connectivity index (χ1) is 8.19. The van der Waals surface area contributed by atoms with E-state index in [4.69, 9.17) is 4.74 Å². The summed E-state index contributed by atoms with van der Waals surface area (Å²) in [7, 11) is 0. The minimum atomic E-state index is -0.738. The Morgan fingerprint density at radius 3 is 2.88 bits per heavy atom. The molecule has 1 unspecified atom stereocenters. The van der Waals surface area contributed by atoms with Crippen molar-refractivity contribution in [1.82, 2.24) is 0 Å². The van der Waals surface area contributed by atoms with Gasteiger partial charge in [0.25, 0.3) is 0 Å². The topological polar surface area (TPSA) is 29.5 Å². The summed E-state index contributed by atoms with van der Waals surface area (Å²) in [5.41, 5.74) is 0.229. The van der Waals surface area contributed by atoms with Gasteiger partial charge in [-0.25, -0.2) is 0 Å². The number of fused-ring (bicyclic) bond motifs is 2. The summed E-state index contributed by atoms with van der Waals surface area (Å²) < 4.78 is 5.89. The van der Waals surface area contributed by atoms with E-state index in [0.717, 1.165) is 24.3 Å². The highest BCUT2D eigenvalue weighted by Gasteiger charge is 2.43. The van der Waals surface area contributed by atoms with Crippen molar-refractivity contribution in [3.63, 3.8) is 0 Å². The van der Waals surface area contributed by atoms with Crippen LogP contribution in [0, 0.1) is 11.8 Å². The van der Waals surface area contributed by atoms with Gasteiger partial charge in [0.2, 0.25) is 0 Å². The quantitative estimate of drug-likeness (QED) is 0.745. The molecule has 1 N–H and O–H groups in total. The van der Waals surface area contributed by atoms with Gasteiger partial charge in [-0.1, -0.05) is 31.0 Å². The molecule has 1 aromatic rings. The first-order valence-electron chi connectivity index (χ1n) is 6.64. The molecule has 92 valence electrons. The lowest BCUT2D eigenvalue weighted by atomic mass is 9.69. The largest absolute Gasteiger partial charge is 0.493 e. The SMILES string of the molecule is CC1(O)c2ccccc2OC[C@@H]2CCCC[C@H]21. The van der Waals surface area contributed by atoms with E-state index in [2.05, 4.69) is 0 Å². The maximum Gasteiger partial charge on any atom is 0.125 e. The average molecular weight is 232 g/mol. The minimum Gasteiger partial charge on any atom is -0.493 e. The second-order valence-corrected chi connectivity index (χ2v) is 5.61. The van der Waals surface area contributed by atoms with Crippen LogP contribution in [0.3, 0.4) is 0 Å². The fourth-order valence-electron chi connectivity index (χ4n) is 3.55. The number of hydrogen-bond acceptors (Lipinski definition) is 2. The lowest BCUT2D eigenvalue weighted by Gasteiger charge is -2.39. The Bertz CT molecular complexity index is 411. The van der Waals surface area contributed by atoms with E-state index in [-0.39, 0.29) is 0 Å². The highest BCUT2D eigenvalue weighted by Crippen LogP contribution is 2.47. The standard InChI is InChI=1S/C15H20O2/c1-15(16)12-7-3-2-6-11(12)10-17-14-9-5-4-8-13(14)15/h4-5,8-9,11-12,16H,2-3,6-7,10H2,1H3/t11-,12+,15?/m0/s1. The molecule has 2 heteroatoms. The molecule has 2 nitrogen and oxygen atoms in total. The van der Waals surface area contributed by atoms with Crippen molar-refractivity contribution >= 4 is 0 Å². The second-order valence-electron chi connectivity index (χ2n) is 5.61. The van der Waals surface area contributed by atoms with E-state index in [9.17, 15) is 5.11 Å². The molecular weight excluding hydrogens is 212 g/mol. The molecule has 0 radical (unpaired) electrons.